The molecule has 1 atom stereocenters. The second-order valence-electron chi connectivity index (χ2n) is 7.89. The minimum absolute atomic E-state index is 0.0359. The Morgan fingerprint density at radius 2 is 1.47 bits per heavy atom. The number of hydrogen-bond donors (Lipinski definition) is 1. The SMILES string of the molecule is [N-]=[N+]=Nc1ccc(C(=O)OCCOC(=O)CCC(C(=O)O)n2c3ccccc3c3ccccc32)cc1. The molecule has 4 rings (SSSR count). The van der Waals surface area contributed by atoms with Crippen LogP contribution in [0.15, 0.2) is 77.9 Å². The first-order chi connectivity index (χ1) is 17.5. The van der Waals surface area contributed by atoms with Crippen LogP contribution in [0.1, 0.15) is 29.2 Å². The van der Waals surface area contributed by atoms with Gasteiger partial charge in [-0.1, -0.05) is 53.6 Å². The van der Waals surface area contributed by atoms with Gasteiger partial charge in [0.2, 0.25) is 0 Å². The van der Waals surface area contributed by atoms with Crippen molar-refractivity contribution in [3.05, 3.63) is 88.8 Å². The maximum Gasteiger partial charge on any atom is 0.338 e. The van der Waals surface area contributed by atoms with E-state index < -0.39 is 23.9 Å². The third-order valence-electron chi connectivity index (χ3n) is 5.68. The molecule has 0 amide bonds. The van der Waals surface area contributed by atoms with Crippen LogP contribution in [-0.4, -0.2) is 40.8 Å². The van der Waals surface area contributed by atoms with Crippen LogP contribution < -0.4 is 0 Å². The van der Waals surface area contributed by atoms with Crippen LogP contribution in [0.25, 0.3) is 32.2 Å². The number of esters is 2. The van der Waals surface area contributed by atoms with Gasteiger partial charge in [0.05, 0.1) is 5.56 Å². The molecule has 10 nitrogen and oxygen atoms in total. The number of ether oxygens (including phenoxy) is 2. The van der Waals surface area contributed by atoms with Gasteiger partial charge >= 0.3 is 17.9 Å². The molecule has 0 radical (unpaired) electrons. The summed E-state index contributed by atoms with van der Waals surface area (Å²) in [6.45, 7) is -0.313. The number of hydrogen-bond acceptors (Lipinski definition) is 6. The fourth-order valence-electron chi connectivity index (χ4n) is 4.07. The van der Waals surface area contributed by atoms with Crippen LogP contribution in [0, 0.1) is 0 Å². The van der Waals surface area contributed by atoms with Crippen molar-refractivity contribution in [2.75, 3.05) is 13.2 Å². The van der Waals surface area contributed by atoms with Crippen LogP contribution in [0.2, 0.25) is 0 Å². The highest BCUT2D eigenvalue weighted by atomic mass is 16.6. The average Bonchev–Trinajstić information content (AvgIpc) is 3.21. The normalized spacial score (nSPS) is 11.6. The largest absolute Gasteiger partial charge is 0.480 e. The summed E-state index contributed by atoms with van der Waals surface area (Å²) in [5, 5.41) is 15.3. The van der Waals surface area contributed by atoms with Crippen LogP contribution in [0.4, 0.5) is 5.69 Å². The first kappa shape index (κ1) is 24.3. The molecule has 0 aliphatic carbocycles. The minimum Gasteiger partial charge on any atom is -0.480 e. The van der Waals surface area contributed by atoms with Crippen molar-refractivity contribution in [3.63, 3.8) is 0 Å². The van der Waals surface area contributed by atoms with Crippen LogP contribution >= 0.6 is 0 Å². The second kappa shape index (κ2) is 11.1. The predicted octanol–water partition coefficient (Wildman–Crippen LogP) is 5.54. The van der Waals surface area contributed by atoms with Gasteiger partial charge in [-0.2, -0.15) is 0 Å². The number of aromatic nitrogens is 1. The van der Waals surface area contributed by atoms with Crippen LogP contribution in [0.3, 0.4) is 0 Å². The number of rotatable bonds is 10. The van der Waals surface area contributed by atoms with Crippen molar-refractivity contribution in [2.45, 2.75) is 18.9 Å². The van der Waals surface area contributed by atoms with Crippen LogP contribution in [-0.2, 0) is 19.1 Å². The summed E-state index contributed by atoms with van der Waals surface area (Å²) in [7, 11) is 0. The summed E-state index contributed by atoms with van der Waals surface area (Å²) in [5.74, 6) is -2.25. The van der Waals surface area contributed by atoms with Gasteiger partial charge in [-0.25, -0.2) is 9.59 Å². The van der Waals surface area contributed by atoms with Gasteiger partial charge in [-0.15, -0.1) is 0 Å². The Bertz CT molecular complexity index is 1420. The molecular formula is C26H22N4O6. The van der Waals surface area contributed by atoms with Gasteiger partial charge in [0.1, 0.15) is 19.3 Å². The van der Waals surface area contributed by atoms with Crippen molar-refractivity contribution in [2.24, 2.45) is 5.11 Å². The lowest BCUT2D eigenvalue weighted by Crippen LogP contribution is -2.21. The number of carbonyl (C=O) groups is 3. The highest BCUT2D eigenvalue weighted by Crippen LogP contribution is 2.33. The topological polar surface area (TPSA) is 144 Å². The Labute approximate surface area is 205 Å². The summed E-state index contributed by atoms with van der Waals surface area (Å²) in [6.07, 6.45) is -0.0826. The van der Waals surface area contributed by atoms with Gasteiger partial charge < -0.3 is 19.1 Å². The monoisotopic (exact) mass is 486 g/mol. The number of nitrogens with zero attached hydrogens (tertiary/aromatic N) is 4. The molecule has 0 saturated carbocycles. The van der Waals surface area contributed by atoms with Crippen molar-refractivity contribution >= 4 is 45.4 Å². The molecule has 4 aromatic rings. The molecule has 0 aliphatic rings. The zero-order valence-electron chi connectivity index (χ0n) is 19.1. The third-order valence-corrected chi connectivity index (χ3v) is 5.68. The third kappa shape index (κ3) is 5.29. The van der Waals surface area contributed by atoms with Crippen molar-refractivity contribution in [3.8, 4) is 0 Å². The summed E-state index contributed by atoms with van der Waals surface area (Å²) >= 11 is 0. The standard InChI is InChI=1S/C26H22N4O6/c27-29-28-18-11-9-17(10-12-18)26(34)36-16-15-35-24(31)14-13-23(25(32)33)30-21-7-3-1-5-19(21)20-6-2-4-8-22(20)30/h1-12,23H,13-16H2,(H,32,33). The fourth-order valence-corrected chi connectivity index (χ4v) is 4.07. The molecule has 3 aromatic carbocycles. The molecule has 1 unspecified atom stereocenters. The predicted molar refractivity (Wildman–Crippen MR) is 132 cm³/mol. The number of carbonyl (C=O) groups excluding carboxylic acids is 2. The zero-order chi connectivity index (χ0) is 25.5. The van der Waals surface area contributed by atoms with Crippen molar-refractivity contribution < 1.29 is 29.0 Å². The summed E-state index contributed by atoms with van der Waals surface area (Å²) in [6, 6.07) is 20.0. The van der Waals surface area contributed by atoms with Crippen molar-refractivity contribution in [1.82, 2.24) is 4.57 Å². The Kier molecular flexibility index (Phi) is 7.48. The van der Waals surface area contributed by atoms with E-state index in [4.69, 9.17) is 15.0 Å². The molecule has 1 aromatic heterocycles. The number of carboxylic acid groups (broad SMARTS) is 1. The number of fused-ring (bicyclic) bond motifs is 3. The lowest BCUT2D eigenvalue weighted by Gasteiger charge is -2.17. The number of benzene rings is 3. The number of azide groups is 1. The quantitative estimate of drug-likeness (QED) is 0.102. The highest BCUT2D eigenvalue weighted by Gasteiger charge is 2.25. The number of aliphatic carboxylic acids is 1. The van der Waals surface area contributed by atoms with Crippen molar-refractivity contribution in [1.29, 1.82) is 0 Å². The number of carboxylic acids is 1. The molecular weight excluding hydrogens is 464 g/mol. The van der Waals surface area contributed by atoms with Crippen LogP contribution in [0.5, 0.6) is 0 Å². The lowest BCUT2D eigenvalue weighted by molar-refractivity contribution is -0.146. The molecule has 36 heavy (non-hydrogen) atoms. The van der Waals surface area contributed by atoms with E-state index >= 15 is 0 Å². The van der Waals surface area contributed by atoms with E-state index in [0.29, 0.717) is 5.69 Å². The van der Waals surface area contributed by atoms with Gasteiger partial charge in [-0.05, 0) is 36.2 Å². The van der Waals surface area contributed by atoms with E-state index in [1.807, 2.05) is 48.5 Å². The molecule has 1 heterocycles. The first-order valence-electron chi connectivity index (χ1n) is 11.2. The molecule has 0 spiro atoms. The van der Waals surface area contributed by atoms with Gasteiger partial charge in [0.25, 0.3) is 0 Å². The highest BCUT2D eigenvalue weighted by molar-refractivity contribution is 6.08. The summed E-state index contributed by atoms with van der Waals surface area (Å²) in [4.78, 5) is 39.2. The van der Waals surface area contributed by atoms with Gasteiger partial charge in [-0.3, -0.25) is 4.79 Å². The molecule has 0 bridgehead atoms. The molecule has 1 N–H and O–H groups in total. The van der Waals surface area contributed by atoms with E-state index in [0.717, 1.165) is 21.8 Å². The van der Waals surface area contributed by atoms with Gasteiger partial charge in [0, 0.05) is 38.8 Å². The van der Waals surface area contributed by atoms with E-state index in [9.17, 15) is 19.5 Å². The number of para-hydroxylation sites is 2. The maximum atomic E-state index is 12.3. The second-order valence-corrected chi connectivity index (χ2v) is 7.89. The Hall–Kier alpha value is -4.82. The maximum absolute atomic E-state index is 12.3. The smallest absolute Gasteiger partial charge is 0.338 e. The minimum atomic E-state index is -1.05. The van der Waals surface area contributed by atoms with E-state index in [2.05, 4.69) is 10.0 Å². The summed E-state index contributed by atoms with van der Waals surface area (Å²) in [5.41, 5.74) is 10.6. The van der Waals surface area contributed by atoms with E-state index in [1.54, 1.807) is 4.57 Å². The Morgan fingerprint density at radius 1 is 0.889 bits per heavy atom. The molecule has 0 aliphatic heterocycles. The zero-order valence-corrected chi connectivity index (χ0v) is 19.1. The first-order valence-corrected chi connectivity index (χ1v) is 11.2. The molecule has 0 saturated heterocycles. The molecule has 10 heteroatoms. The Morgan fingerprint density at radius 3 is 2.06 bits per heavy atom. The fraction of sp³-hybridized carbons (Fsp3) is 0.192. The van der Waals surface area contributed by atoms with E-state index in [1.165, 1.54) is 24.3 Å². The summed E-state index contributed by atoms with van der Waals surface area (Å²) < 4.78 is 12.0. The van der Waals surface area contributed by atoms with Gasteiger partial charge in [0.15, 0.2) is 0 Å². The average molecular weight is 486 g/mol. The lowest BCUT2D eigenvalue weighted by atomic mass is 10.1. The Balaban J connectivity index is 1.33. The molecule has 0 fully saturated rings. The van der Waals surface area contributed by atoms with E-state index in [-0.39, 0.29) is 31.6 Å². The molecule has 182 valence electrons.